The molecule has 0 amide bonds. The number of hydrogen-bond donors (Lipinski definition) is 3. The summed E-state index contributed by atoms with van der Waals surface area (Å²) in [6.07, 6.45) is 4.48. The molecule has 0 spiro atoms. The van der Waals surface area contributed by atoms with E-state index in [-0.39, 0.29) is 43.0 Å². The van der Waals surface area contributed by atoms with Gasteiger partial charge >= 0.3 is 0 Å². The van der Waals surface area contributed by atoms with E-state index in [9.17, 15) is 10.2 Å². The summed E-state index contributed by atoms with van der Waals surface area (Å²) < 4.78 is 23.3. The molecule has 0 radical (unpaired) electrons. The summed E-state index contributed by atoms with van der Waals surface area (Å²) in [6, 6.07) is 8.93. The van der Waals surface area contributed by atoms with Crippen molar-refractivity contribution < 1.29 is 29.2 Å². The fourth-order valence-corrected chi connectivity index (χ4v) is 5.48. The van der Waals surface area contributed by atoms with Gasteiger partial charge in [-0.3, -0.25) is 0 Å². The van der Waals surface area contributed by atoms with Crippen molar-refractivity contribution in [3.63, 3.8) is 0 Å². The van der Waals surface area contributed by atoms with Gasteiger partial charge in [-0.25, -0.2) is 0 Å². The molecular weight excluding hydrogens is 424 g/mol. The van der Waals surface area contributed by atoms with Crippen molar-refractivity contribution in [2.75, 3.05) is 26.9 Å². The van der Waals surface area contributed by atoms with Gasteiger partial charge in [0.05, 0.1) is 36.6 Å². The Morgan fingerprint density at radius 1 is 1.12 bits per heavy atom. The number of aromatic nitrogens is 2. The predicted octanol–water partition coefficient (Wildman–Crippen LogP) is -0.113. The van der Waals surface area contributed by atoms with Crippen LogP contribution in [0, 0.1) is 0 Å². The van der Waals surface area contributed by atoms with Gasteiger partial charge in [0.1, 0.15) is 18.3 Å². The minimum absolute atomic E-state index is 0.0495. The Hall–Kier alpha value is -2.23. The van der Waals surface area contributed by atoms with Crippen LogP contribution in [0.2, 0.25) is 0 Å². The van der Waals surface area contributed by atoms with Crippen molar-refractivity contribution in [3.05, 3.63) is 46.1 Å². The molecule has 1 saturated carbocycles. The number of nitrogens with one attached hydrogen (secondary N) is 1. The van der Waals surface area contributed by atoms with Gasteiger partial charge in [-0.1, -0.05) is 24.3 Å². The number of nitrogens with zero attached hydrogens (tertiary/aromatic N) is 1. The highest BCUT2D eigenvalue weighted by Gasteiger charge is 2.49. The maximum absolute atomic E-state index is 9.95. The number of rotatable bonds is 6. The van der Waals surface area contributed by atoms with Gasteiger partial charge in [-0.05, 0) is 43.0 Å². The molecule has 0 bridgehead atoms. The number of imidazole rings is 1. The second kappa shape index (κ2) is 7.65. The number of aromatic amines is 1. The molecule has 2 aromatic rings. The van der Waals surface area contributed by atoms with E-state index in [1.54, 1.807) is 7.11 Å². The summed E-state index contributed by atoms with van der Waals surface area (Å²) in [7, 11) is 1.71. The maximum Gasteiger partial charge on any atom is 0.295 e. The normalized spacial score (nSPS) is 35.9. The molecule has 3 N–H and O–H groups in total. The van der Waals surface area contributed by atoms with Crippen LogP contribution in [0.15, 0.2) is 24.3 Å². The molecule has 1 aromatic heterocycles. The van der Waals surface area contributed by atoms with Crippen molar-refractivity contribution in [3.8, 4) is 6.01 Å². The number of aliphatic hydroxyl groups is 2. The smallest absolute Gasteiger partial charge is 0.295 e. The lowest BCUT2D eigenvalue weighted by Crippen LogP contribution is -2.45. The molecule has 176 valence electrons. The number of hydrogen-bond acceptors (Lipinski definition) is 7. The molecule has 2 aliphatic heterocycles. The van der Waals surface area contributed by atoms with Crippen LogP contribution in [0.5, 0.6) is 6.01 Å². The Balaban J connectivity index is 1.29. The molecule has 8 heteroatoms. The lowest BCUT2D eigenvalue weighted by molar-refractivity contribution is 0.00695. The number of methoxy groups -OCH3 is 1. The molecule has 8 nitrogen and oxygen atoms in total. The molecular formula is C25H30N2O6. The van der Waals surface area contributed by atoms with E-state index < -0.39 is 11.5 Å². The van der Waals surface area contributed by atoms with Crippen LogP contribution in [-0.4, -0.2) is 77.6 Å². The zero-order valence-corrected chi connectivity index (χ0v) is 18.9. The first-order chi connectivity index (χ1) is 16.0. The second-order valence-electron chi connectivity index (χ2n) is 9.93. The highest BCUT2D eigenvalue weighted by Crippen LogP contribution is 2.48. The predicted molar refractivity (Wildman–Crippen MR) is 119 cm³/mol. The summed E-state index contributed by atoms with van der Waals surface area (Å²) >= 11 is 0. The lowest BCUT2D eigenvalue weighted by Gasteiger charge is -2.34. The van der Waals surface area contributed by atoms with Crippen LogP contribution in [0.4, 0.5) is 0 Å². The first-order valence-corrected chi connectivity index (χ1v) is 11.6. The molecule has 3 heterocycles. The van der Waals surface area contributed by atoms with Crippen LogP contribution in [0.25, 0.3) is 12.2 Å². The summed E-state index contributed by atoms with van der Waals surface area (Å²) in [5.41, 5.74) is 1.85. The van der Waals surface area contributed by atoms with Gasteiger partial charge in [0, 0.05) is 17.9 Å². The third-order valence-electron chi connectivity index (χ3n) is 7.86. The second-order valence-corrected chi connectivity index (χ2v) is 9.93. The van der Waals surface area contributed by atoms with Gasteiger partial charge in [0.25, 0.3) is 6.01 Å². The zero-order valence-electron chi connectivity index (χ0n) is 18.9. The SMILES string of the molecule is COC1C=c2[nH]c(O[C@@H]3CO[C@H]4[C@@H]3OC[C@H]4O)nc2=CC1(C)c1ccc(C2(CO)CC2)cc1. The quantitative estimate of drug-likeness (QED) is 0.559. The van der Waals surface area contributed by atoms with Crippen LogP contribution in [0.3, 0.4) is 0 Å². The van der Waals surface area contributed by atoms with E-state index in [4.69, 9.17) is 23.9 Å². The maximum atomic E-state index is 9.95. The van der Waals surface area contributed by atoms with Crippen molar-refractivity contribution in [2.24, 2.45) is 0 Å². The van der Waals surface area contributed by atoms with Gasteiger partial charge in [-0.15, -0.1) is 0 Å². The summed E-state index contributed by atoms with van der Waals surface area (Å²) in [5.74, 6) is 0. The number of benzene rings is 1. The van der Waals surface area contributed by atoms with Crippen molar-refractivity contribution >= 4 is 12.2 Å². The highest BCUT2D eigenvalue weighted by atomic mass is 16.6. The molecule has 2 saturated heterocycles. The first kappa shape index (κ1) is 21.3. The van der Waals surface area contributed by atoms with Crippen LogP contribution in [0.1, 0.15) is 30.9 Å². The van der Waals surface area contributed by atoms with E-state index >= 15 is 0 Å². The van der Waals surface area contributed by atoms with Gasteiger partial charge in [-0.2, -0.15) is 4.98 Å². The highest BCUT2D eigenvalue weighted by molar-refractivity contribution is 5.56. The Morgan fingerprint density at radius 3 is 2.55 bits per heavy atom. The van der Waals surface area contributed by atoms with Crippen LogP contribution >= 0.6 is 0 Å². The molecule has 2 aliphatic carbocycles. The van der Waals surface area contributed by atoms with E-state index in [0.717, 1.165) is 29.1 Å². The number of aliphatic hydroxyl groups excluding tert-OH is 2. The van der Waals surface area contributed by atoms with Crippen LogP contribution in [-0.2, 0) is 25.0 Å². The van der Waals surface area contributed by atoms with E-state index in [1.807, 2.05) is 6.08 Å². The molecule has 4 aliphatic rings. The first-order valence-electron chi connectivity index (χ1n) is 11.6. The van der Waals surface area contributed by atoms with E-state index in [2.05, 4.69) is 42.2 Å². The minimum Gasteiger partial charge on any atom is -0.456 e. The Bertz CT molecular complexity index is 1160. The average molecular weight is 455 g/mol. The minimum atomic E-state index is -0.614. The van der Waals surface area contributed by atoms with Crippen LogP contribution < -0.4 is 15.4 Å². The molecule has 6 rings (SSSR count). The number of fused-ring (bicyclic) bond motifs is 2. The van der Waals surface area contributed by atoms with Crippen molar-refractivity contribution in [1.82, 2.24) is 9.97 Å². The number of ether oxygens (including phenoxy) is 4. The zero-order chi connectivity index (χ0) is 22.8. The Morgan fingerprint density at radius 2 is 1.85 bits per heavy atom. The molecule has 33 heavy (non-hydrogen) atoms. The standard InChI is InChI=1S/C25H30N2O6/c1-24(14-3-5-15(6-4-14)25(13-28)7-8-25)10-17-16(9-20(24)30-2)26-23(27-17)33-19-12-32-21-18(29)11-31-22(19)21/h3-6,9-10,18-22,28-29H,7-8,11-13H2,1-2H3,(H,26,27)/t18-,19-,20?,21-,22-,24?/m1/s1. The average Bonchev–Trinajstić information content (AvgIpc) is 3.18. The van der Waals surface area contributed by atoms with E-state index in [0.29, 0.717) is 12.6 Å². The van der Waals surface area contributed by atoms with Crippen molar-refractivity contribution in [1.29, 1.82) is 0 Å². The topological polar surface area (TPSA) is 106 Å². The van der Waals surface area contributed by atoms with E-state index in [1.165, 1.54) is 5.56 Å². The lowest BCUT2D eigenvalue weighted by atomic mass is 9.74. The summed E-state index contributed by atoms with van der Waals surface area (Å²) in [4.78, 5) is 7.94. The Kier molecular flexibility index (Phi) is 4.94. The Labute approximate surface area is 191 Å². The third-order valence-corrected chi connectivity index (χ3v) is 7.86. The molecule has 3 fully saturated rings. The monoisotopic (exact) mass is 454 g/mol. The van der Waals surface area contributed by atoms with Gasteiger partial charge < -0.3 is 34.1 Å². The van der Waals surface area contributed by atoms with Gasteiger partial charge in [0.15, 0.2) is 6.10 Å². The molecule has 6 atom stereocenters. The largest absolute Gasteiger partial charge is 0.456 e. The van der Waals surface area contributed by atoms with Gasteiger partial charge in [0.2, 0.25) is 0 Å². The molecule has 1 aromatic carbocycles. The molecule has 2 unspecified atom stereocenters. The fourth-order valence-electron chi connectivity index (χ4n) is 5.48. The number of H-pyrrole nitrogens is 1. The van der Waals surface area contributed by atoms with Crippen molar-refractivity contribution in [2.45, 2.75) is 61.1 Å². The fraction of sp³-hybridized carbons (Fsp3) is 0.560. The summed E-state index contributed by atoms with van der Waals surface area (Å²) in [5, 5.41) is 21.4. The third kappa shape index (κ3) is 3.35. The summed E-state index contributed by atoms with van der Waals surface area (Å²) in [6.45, 7) is 2.96.